The van der Waals surface area contributed by atoms with E-state index in [9.17, 15) is 0 Å². The maximum absolute atomic E-state index is 7.38. The number of fused-ring (bicyclic) bond motifs is 3. The van der Waals surface area contributed by atoms with Gasteiger partial charge < -0.3 is 4.57 Å². The molecule has 0 aliphatic heterocycles. The molecule has 0 amide bonds. The number of nitrogens with zero attached hydrogens (tertiary/aromatic N) is 2. The Morgan fingerprint density at radius 2 is 1.63 bits per heavy atom. The second-order valence-electron chi connectivity index (χ2n) is 5.81. The Labute approximate surface area is 113 Å². The Morgan fingerprint density at radius 1 is 0.947 bits per heavy atom. The van der Waals surface area contributed by atoms with Gasteiger partial charge in [-0.25, -0.2) is 4.85 Å². The molecule has 94 valence electrons. The van der Waals surface area contributed by atoms with E-state index in [1.54, 1.807) is 0 Å². The Morgan fingerprint density at radius 3 is 2.32 bits per heavy atom. The number of hydrogen-bond acceptors (Lipinski definition) is 0. The summed E-state index contributed by atoms with van der Waals surface area (Å²) < 4.78 is 2.33. The zero-order valence-corrected chi connectivity index (χ0v) is 11.4. The predicted octanol–water partition coefficient (Wildman–Crippen LogP) is 5.10. The zero-order chi connectivity index (χ0) is 13.6. The Bertz CT molecular complexity index is 811. The fourth-order valence-corrected chi connectivity index (χ4v) is 2.82. The monoisotopic (exact) mass is 248 g/mol. The van der Waals surface area contributed by atoms with Gasteiger partial charge in [0.1, 0.15) is 0 Å². The van der Waals surface area contributed by atoms with Gasteiger partial charge in [0, 0.05) is 22.0 Å². The van der Waals surface area contributed by atoms with Crippen molar-refractivity contribution in [2.24, 2.45) is 0 Å². The summed E-state index contributed by atoms with van der Waals surface area (Å²) in [5, 5.41) is 2.24. The van der Waals surface area contributed by atoms with Crippen LogP contribution in [0.1, 0.15) is 20.8 Å². The average molecular weight is 248 g/mol. The molecule has 2 nitrogen and oxygen atoms in total. The first-order valence-electron chi connectivity index (χ1n) is 6.44. The highest BCUT2D eigenvalue weighted by Gasteiger charge is 2.21. The van der Waals surface area contributed by atoms with E-state index in [1.807, 2.05) is 18.2 Å². The Kier molecular flexibility index (Phi) is 2.40. The minimum Gasteiger partial charge on any atom is -0.336 e. The van der Waals surface area contributed by atoms with E-state index < -0.39 is 0 Å². The minimum atomic E-state index is -0.0119. The van der Waals surface area contributed by atoms with E-state index in [1.165, 1.54) is 10.9 Å². The summed E-state index contributed by atoms with van der Waals surface area (Å²) in [4.78, 5) is 3.68. The van der Waals surface area contributed by atoms with Crippen molar-refractivity contribution in [2.45, 2.75) is 26.3 Å². The quantitative estimate of drug-likeness (QED) is 0.489. The maximum Gasteiger partial charge on any atom is 0.197 e. The molecule has 1 heterocycles. The van der Waals surface area contributed by atoms with Crippen molar-refractivity contribution in [3.63, 3.8) is 0 Å². The highest BCUT2D eigenvalue weighted by atomic mass is 15.0. The SMILES string of the molecule is [C-]#[N+]c1cccc2c1c1ccccc1n2C(C)(C)C. The van der Waals surface area contributed by atoms with Crippen LogP contribution < -0.4 is 0 Å². The number of hydrogen-bond donors (Lipinski definition) is 0. The number of benzene rings is 2. The molecule has 0 bridgehead atoms. The van der Waals surface area contributed by atoms with Crippen LogP contribution in [0, 0.1) is 6.57 Å². The first kappa shape index (κ1) is 11.8. The average Bonchev–Trinajstić information content (AvgIpc) is 2.72. The third kappa shape index (κ3) is 1.62. The molecule has 0 aliphatic carbocycles. The minimum absolute atomic E-state index is 0.0119. The first-order chi connectivity index (χ1) is 9.04. The molecule has 2 aromatic carbocycles. The molecule has 0 radical (unpaired) electrons. The van der Waals surface area contributed by atoms with Crippen molar-refractivity contribution in [1.29, 1.82) is 0 Å². The highest BCUT2D eigenvalue weighted by Crippen LogP contribution is 2.38. The van der Waals surface area contributed by atoms with Crippen molar-refractivity contribution >= 4 is 27.5 Å². The summed E-state index contributed by atoms with van der Waals surface area (Å²) in [5.41, 5.74) is 3.06. The molecule has 0 N–H and O–H groups in total. The Balaban J connectivity index is 2.64. The lowest BCUT2D eigenvalue weighted by molar-refractivity contribution is 0.423. The summed E-state index contributed by atoms with van der Waals surface area (Å²) in [6.45, 7) is 14.0. The lowest BCUT2D eigenvalue weighted by atomic mass is 10.1. The molecule has 0 atom stereocenters. The standard InChI is InChI=1S/C17H16N2/c1-17(2,3)19-14-10-6-5-8-12(14)16-13(18-4)9-7-11-15(16)19/h5-11H,1-3H3. The summed E-state index contributed by atoms with van der Waals surface area (Å²) in [6.07, 6.45) is 0. The summed E-state index contributed by atoms with van der Waals surface area (Å²) in [6, 6.07) is 14.3. The lowest BCUT2D eigenvalue weighted by Gasteiger charge is -2.24. The zero-order valence-electron chi connectivity index (χ0n) is 11.4. The normalized spacial score (nSPS) is 11.9. The third-order valence-electron chi connectivity index (χ3n) is 3.47. The first-order valence-corrected chi connectivity index (χ1v) is 6.44. The van der Waals surface area contributed by atoms with Gasteiger partial charge in [0.2, 0.25) is 0 Å². The number of aromatic nitrogens is 1. The molecule has 3 aromatic rings. The summed E-state index contributed by atoms with van der Waals surface area (Å²) in [5.74, 6) is 0. The summed E-state index contributed by atoms with van der Waals surface area (Å²) >= 11 is 0. The number of rotatable bonds is 0. The van der Waals surface area contributed by atoms with E-state index in [-0.39, 0.29) is 5.54 Å². The molecular weight excluding hydrogens is 232 g/mol. The molecule has 19 heavy (non-hydrogen) atoms. The topological polar surface area (TPSA) is 9.29 Å². The van der Waals surface area contributed by atoms with Crippen LogP contribution in [0.15, 0.2) is 42.5 Å². The van der Waals surface area contributed by atoms with Gasteiger partial charge in [-0.3, -0.25) is 0 Å². The van der Waals surface area contributed by atoms with Gasteiger partial charge in [0.25, 0.3) is 0 Å². The van der Waals surface area contributed by atoms with E-state index >= 15 is 0 Å². The van der Waals surface area contributed by atoms with E-state index in [4.69, 9.17) is 6.57 Å². The van der Waals surface area contributed by atoms with E-state index in [2.05, 4.69) is 54.4 Å². The van der Waals surface area contributed by atoms with Crippen molar-refractivity contribution in [3.8, 4) is 0 Å². The van der Waals surface area contributed by atoms with Gasteiger partial charge in [-0.2, -0.15) is 0 Å². The molecule has 0 unspecified atom stereocenters. The molecule has 0 spiro atoms. The van der Waals surface area contributed by atoms with Crippen molar-refractivity contribution in [1.82, 2.24) is 4.57 Å². The van der Waals surface area contributed by atoms with Crippen LogP contribution in [-0.2, 0) is 5.54 Å². The predicted molar refractivity (Wildman–Crippen MR) is 80.7 cm³/mol. The molecule has 0 aliphatic rings. The van der Waals surface area contributed by atoms with Gasteiger partial charge in [0.05, 0.1) is 6.57 Å². The lowest BCUT2D eigenvalue weighted by Crippen LogP contribution is -2.21. The van der Waals surface area contributed by atoms with Crippen molar-refractivity contribution in [2.75, 3.05) is 0 Å². The Hall–Kier alpha value is -2.27. The molecule has 0 saturated heterocycles. The molecule has 1 aromatic heterocycles. The second kappa shape index (κ2) is 3.86. The molecular formula is C17H16N2. The van der Waals surface area contributed by atoms with Gasteiger partial charge in [-0.1, -0.05) is 30.3 Å². The second-order valence-corrected chi connectivity index (χ2v) is 5.81. The van der Waals surface area contributed by atoms with Crippen LogP contribution >= 0.6 is 0 Å². The maximum atomic E-state index is 7.38. The van der Waals surface area contributed by atoms with Gasteiger partial charge in [-0.05, 0) is 38.3 Å². The smallest absolute Gasteiger partial charge is 0.197 e. The molecule has 2 heteroatoms. The fraction of sp³-hybridized carbons (Fsp3) is 0.235. The van der Waals surface area contributed by atoms with E-state index in [0.29, 0.717) is 0 Å². The molecule has 3 rings (SSSR count). The molecule has 0 fully saturated rings. The fourth-order valence-electron chi connectivity index (χ4n) is 2.82. The highest BCUT2D eigenvalue weighted by molar-refractivity contribution is 6.14. The third-order valence-corrected chi connectivity index (χ3v) is 3.47. The number of para-hydroxylation sites is 1. The van der Waals surface area contributed by atoms with Gasteiger partial charge in [0.15, 0.2) is 5.69 Å². The van der Waals surface area contributed by atoms with Crippen molar-refractivity contribution in [3.05, 3.63) is 53.9 Å². The summed E-state index contributed by atoms with van der Waals surface area (Å²) in [7, 11) is 0. The largest absolute Gasteiger partial charge is 0.336 e. The van der Waals surface area contributed by atoms with Crippen LogP contribution in [0.4, 0.5) is 5.69 Å². The van der Waals surface area contributed by atoms with Crippen LogP contribution in [0.25, 0.3) is 26.7 Å². The van der Waals surface area contributed by atoms with Crippen LogP contribution in [0.2, 0.25) is 0 Å². The van der Waals surface area contributed by atoms with Crippen LogP contribution in [0.5, 0.6) is 0 Å². The molecule has 0 saturated carbocycles. The van der Waals surface area contributed by atoms with Gasteiger partial charge in [-0.15, -0.1) is 0 Å². The van der Waals surface area contributed by atoms with Gasteiger partial charge >= 0.3 is 0 Å². The van der Waals surface area contributed by atoms with Crippen LogP contribution in [0.3, 0.4) is 0 Å². The van der Waals surface area contributed by atoms with E-state index in [0.717, 1.165) is 16.6 Å². The van der Waals surface area contributed by atoms with Crippen LogP contribution in [-0.4, -0.2) is 4.57 Å². The van der Waals surface area contributed by atoms with Crippen molar-refractivity contribution < 1.29 is 0 Å².